The number of alkyl halides is 2. The Balaban J connectivity index is 2.17. The zero-order chi connectivity index (χ0) is 8.01. The van der Waals surface area contributed by atoms with Gasteiger partial charge in [0.25, 0.3) is 0 Å². The third-order valence-corrected chi connectivity index (χ3v) is 3.99. The van der Waals surface area contributed by atoms with Crippen LogP contribution >= 0.6 is 22.6 Å². The lowest BCUT2D eigenvalue weighted by atomic mass is 9.64. The van der Waals surface area contributed by atoms with Gasteiger partial charge in [0.1, 0.15) is 0 Å². The number of halogens is 3. The zero-order valence-electron chi connectivity index (χ0n) is 5.93. The Labute approximate surface area is 78.2 Å². The summed E-state index contributed by atoms with van der Waals surface area (Å²) in [4.78, 5) is 0. The van der Waals surface area contributed by atoms with Crippen LogP contribution in [0, 0.1) is 17.8 Å². The van der Waals surface area contributed by atoms with Crippen molar-refractivity contribution < 1.29 is 8.78 Å². The van der Waals surface area contributed by atoms with Gasteiger partial charge in [-0.3, -0.25) is 0 Å². The molecule has 3 heteroatoms. The minimum atomic E-state index is -2.15. The van der Waals surface area contributed by atoms with Gasteiger partial charge in [0.15, 0.2) is 0 Å². The second-order valence-corrected chi connectivity index (χ2v) is 4.64. The normalized spacial score (nSPS) is 41.8. The van der Waals surface area contributed by atoms with E-state index in [1.807, 2.05) is 0 Å². The molecular formula is C8H9F2I. The first kappa shape index (κ1) is 7.95. The van der Waals surface area contributed by atoms with Crippen molar-refractivity contribution in [2.45, 2.75) is 19.3 Å². The number of allylic oxidation sites excluding steroid dienone is 2. The molecule has 3 aliphatic rings. The summed E-state index contributed by atoms with van der Waals surface area (Å²) in [6.07, 6.45) is 1.63. The highest BCUT2D eigenvalue weighted by molar-refractivity contribution is 14.1. The van der Waals surface area contributed by atoms with Gasteiger partial charge >= 0.3 is 0 Å². The Morgan fingerprint density at radius 1 is 1.45 bits per heavy atom. The van der Waals surface area contributed by atoms with Crippen LogP contribution in [0.4, 0.5) is 8.78 Å². The third kappa shape index (κ3) is 1.21. The molecule has 0 amide bonds. The van der Waals surface area contributed by atoms with Crippen LogP contribution in [-0.2, 0) is 0 Å². The van der Waals surface area contributed by atoms with Crippen molar-refractivity contribution in [3.05, 3.63) is 9.66 Å². The van der Waals surface area contributed by atoms with Gasteiger partial charge in [0.05, 0.1) is 0 Å². The quantitative estimate of drug-likeness (QED) is 0.642. The Hall–Kier alpha value is 0.330. The molecule has 62 valence electrons. The van der Waals surface area contributed by atoms with Crippen LogP contribution in [-0.4, -0.2) is 6.43 Å². The van der Waals surface area contributed by atoms with Crippen LogP contribution in [0.1, 0.15) is 12.8 Å². The Kier molecular flexibility index (Phi) is 1.93. The molecule has 1 saturated carbocycles. The summed E-state index contributed by atoms with van der Waals surface area (Å²) in [6, 6.07) is 0. The fourth-order valence-corrected chi connectivity index (χ4v) is 2.86. The molecule has 3 rings (SSSR count). The van der Waals surface area contributed by atoms with E-state index in [1.54, 1.807) is 6.08 Å². The molecule has 0 N–H and O–H groups in total. The Morgan fingerprint density at radius 3 is 2.45 bits per heavy atom. The van der Waals surface area contributed by atoms with Gasteiger partial charge < -0.3 is 0 Å². The molecule has 0 aromatic carbocycles. The predicted octanol–water partition coefficient (Wildman–Crippen LogP) is 3.23. The summed E-state index contributed by atoms with van der Waals surface area (Å²) < 4.78 is 25.8. The number of hydrogen-bond donors (Lipinski definition) is 0. The van der Waals surface area contributed by atoms with Crippen LogP contribution in [0.15, 0.2) is 9.66 Å². The van der Waals surface area contributed by atoms with Crippen molar-refractivity contribution in [1.29, 1.82) is 0 Å². The molecule has 0 aromatic heterocycles. The number of rotatable bonds is 1. The largest absolute Gasteiger partial charge is 0.245 e. The molecule has 0 spiro atoms. The van der Waals surface area contributed by atoms with Gasteiger partial charge in [0.2, 0.25) is 6.43 Å². The van der Waals surface area contributed by atoms with E-state index in [1.165, 1.54) is 0 Å². The van der Waals surface area contributed by atoms with Gasteiger partial charge in [-0.15, -0.1) is 0 Å². The first-order valence-electron chi connectivity index (χ1n) is 3.84. The van der Waals surface area contributed by atoms with Gasteiger partial charge in [-0.1, -0.05) is 6.08 Å². The van der Waals surface area contributed by atoms with Crippen LogP contribution in [0.25, 0.3) is 0 Å². The fourth-order valence-electron chi connectivity index (χ4n) is 1.94. The lowest BCUT2D eigenvalue weighted by molar-refractivity contribution is 0.0205. The van der Waals surface area contributed by atoms with Crippen LogP contribution in [0.3, 0.4) is 0 Å². The summed E-state index contributed by atoms with van der Waals surface area (Å²) in [7, 11) is 0. The summed E-state index contributed by atoms with van der Waals surface area (Å²) >= 11 is 2.20. The van der Waals surface area contributed by atoms with Crippen LogP contribution in [0.5, 0.6) is 0 Å². The molecule has 1 fully saturated rings. The van der Waals surface area contributed by atoms with Crippen molar-refractivity contribution in [3.8, 4) is 0 Å². The maximum absolute atomic E-state index is 12.3. The minimum Gasteiger partial charge on any atom is -0.210 e. The lowest BCUT2D eigenvalue weighted by Crippen LogP contribution is -2.37. The number of hydrogen-bond acceptors (Lipinski definition) is 0. The standard InChI is InChI=1S/C8H9F2I/c9-8(10)6-3-7(11)5-1-4(6)2-5/h3-6,8H,1-2H2. The molecule has 0 heterocycles. The molecule has 0 radical (unpaired) electrons. The van der Waals surface area contributed by atoms with E-state index in [0.717, 1.165) is 16.4 Å². The molecule has 0 nitrogen and oxygen atoms in total. The Bertz CT molecular complexity index is 194. The van der Waals surface area contributed by atoms with Gasteiger partial charge in [-0.2, -0.15) is 0 Å². The van der Waals surface area contributed by atoms with Gasteiger partial charge in [-0.05, 0) is 50.8 Å². The van der Waals surface area contributed by atoms with Crippen molar-refractivity contribution in [1.82, 2.24) is 0 Å². The van der Waals surface area contributed by atoms with E-state index in [-0.39, 0.29) is 0 Å². The SMILES string of the molecule is FC(F)C1C=C(I)C2CC1C2. The zero-order valence-corrected chi connectivity index (χ0v) is 8.09. The highest BCUT2D eigenvalue weighted by Crippen LogP contribution is 2.52. The summed E-state index contributed by atoms with van der Waals surface area (Å²) in [5, 5.41) is 0. The van der Waals surface area contributed by atoms with Gasteiger partial charge in [0, 0.05) is 5.92 Å². The molecule has 0 aromatic rings. The summed E-state index contributed by atoms with van der Waals surface area (Å²) in [6.45, 7) is 0. The highest BCUT2D eigenvalue weighted by Gasteiger charge is 2.43. The fraction of sp³-hybridized carbons (Fsp3) is 0.750. The second kappa shape index (κ2) is 2.68. The molecule has 1 atom stereocenters. The van der Waals surface area contributed by atoms with E-state index in [9.17, 15) is 8.78 Å². The molecule has 3 aliphatic carbocycles. The average Bonchev–Trinajstić information content (AvgIpc) is 1.83. The monoisotopic (exact) mass is 270 g/mol. The Morgan fingerprint density at radius 2 is 2.09 bits per heavy atom. The van der Waals surface area contributed by atoms with E-state index in [0.29, 0.717) is 11.8 Å². The lowest BCUT2D eigenvalue weighted by Gasteiger charge is -2.44. The van der Waals surface area contributed by atoms with E-state index in [4.69, 9.17) is 0 Å². The van der Waals surface area contributed by atoms with Crippen molar-refractivity contribution in [3.63, 3.8) is 0 Å². The molecular weight excluding hydrogens is 261 g/mol. The molecule has 0 aliphatic heterocycles. The van der Waals surface area contributed by atoms with Crippen LogP contribution in [0.2, 0.25) is 0 Å². The molecule has 1 unspecified atom stereocenters. The number of fused-ring (bicyclic) bond motifs is 1. The second-order valence-electron chi connectivity index (χ2n) is 3.39. The van der Waals surface area contributed by atoms with Crippen LogP contribution < -0.4 is 0 Å². The minimum absolute atomic E-state index is 0.290. The topological polar surface area (TPSA) is 0 Å². The van der Waals surface area contributed by atoms with E-state index < -0.39 is 12.3 Å². The summed E-state index contributed by atoms with van der Waals surface area (Å²) in [5.41, 5.74) is 0. The van der Waals surface area contributed by atoms with Crippen molar-refractivity contribution >= 4 is 22.6 Å². The van der Waals surface area contributed by atoms with Gasteiger partial charge in [-0.25, -0.2) is 8.78 Å². The van der Waals surface area contributed by atoms with Crippen molar-refractivity contribution in [2.24, 2.45) is 17.8 Å². The summed E-state index contributed by atoms with van der Waals surface area (Å²) in [5.74, 6) is 0.487. The smallest absolute Gasteiger partial charge is 0.210 e. The first-order valence-corrected chi connectivity index (χ1v) is 4.91. The van der Waals surface area contributed by atoms with E-state index >= 15 is 0 Å². The maximum atomic E-state index is 12.3. The molecule has 2 bridgehead atoms. The van der Waals surface area contributed by atoms with E-state index in [2.05, 4.69) is 22.6 Å². The molecule has 11 heavy (non-hydrogen) atoms. The first-order chi connectivity index (χ1) is 5.18. The highest BCUT2D eigenvalue weighted by atomic mass is 127. The average molecular weight is 270 g/mol. The predicted molar refractivity (Wildman–Crippen MR) is 47.8 cm³/mol. The molecule has 0 saturated heterocycles. The van der Waals surface area contributed by atoms with Crippen molar-refractivity contribution in [2.75, 3.05) is 0 Å². The maximum Gasteiger partial charge on any atom is 0.245 e. The third-order valence-electron chi connectivity index (χ3n) is 2.75.